The lowest BCUT2D eigenvalue weighted by molar-refractivity contribution is -0.145. The number of nitrogens with two attached hydrogens (primary N) is 1. The molecule has 0 aromatic heterocycles. The van der Waals surface area contributed by atoms with Crippen LogP contribution in [0.4, 0.5) is 0 Å². The Labute approximate surface area is 144 Å². The Kier molecular flexibility index (Phi) is 8.87. The summed E-state index contributed by atoms with van der Waals surface area (Å²) < 4.78 is 5.68. The van der Waals surface area contributed by atoms with Crippen LogP contribution in [0.25, 0.3) is 0 Å². The highest BCUT2D eigenvalue weighted by molar-refractivity contribution is 5.85. The zero-order valence-electron chi connectivity index (χ0n) is 14.0. The van der Waals surface area contributed by atoms with Gasteiger partial charge in [0.2, 0.25) is 5.91 Å². The van der Waals surface area contributed by atoms with E-state index in [4.69, 9.17) is 10.5 Å². The molecule has 3 atom stereocenters. The third-order valence-corrected chi connectivity index (χ3v) is 4.58. The molecule has 2 fully saturated rings. The van der Waals surface area contributed by atoms with Gasteiger partial charge in [0.25, 0.3) is 5.91 Å². The van der Waals surface area contributed by atoms with Gasteiger partial charge in [0.15, 0.2) is 0 Å². The molecule has 2 heterocycles. The van der Waals surface area contributed by atoms with E-state index in [1.54, 1.807) is 4.90 Å². The lowest BCUT2D eigenvalue weighted by Gasteiger charge is -2.33. The number of hydrogen-bond acceptors (Lipinski definition) is 4. The Bertz CT molecular complexity index is 395. The molecule has 1 unspecified atom stereocenters. The third-order valence-electron chi connectivity index (χ3n) is 4.58. The first-order chi connectivity index (χ1) is 10.7. The average Bonchev–Trinajstić information content (AvgIpc) is 3.03. The van der Waals surface area contributed by atoms with E-state index in [1.807, 2.05) is 0 Å². The minimum Gasteiger partial charge on any atom is -0.364 e. The molecule has 3 N–H and O–H groups in total. The number of rotatable bonds is 6. The Morgan fingerprint density at radius 1 is 1.30 bits per heavy atom. The summed E-state index contributed by atoms with van der Waals surface area (Å²) in [6.45, 7) is 4.54. The van der Waals surface area contributed by atoms with Gasteiger partial charge in [0, 0.05) is 26.2 Å². The normalized spacial score (nSPS) is 27.4. The van der Waals surface area contributed by atoms with Crippen molar-refractivity contribution in [2.24, 2.45) is 11.7 Å². The number of amides is 2. The van der Waals surface area contributed by atoms with Crippen LogP contribution >= 0.6 is 12.4 Å². The Hall–Kier alpha value is -0.850. The number of carbonyl (C=O) groups excluding carboxylic acids is 2. The lowest BCUT2D eigenvalue weighted by Crippen LogP contribution is -2.48. The van der Waals surface area contributed by atoms with Gasteiger partial charge in [0.1, 0.15) is 6.10 Å². The van der Waals surface area contributed by atoms with Crippen LogP contribution < -0.4 is 11.1 Å². The van der Waals surface area contributed by atoms with Crippen molar-refractivity contribution >= 4 is 24.2 Å². The Morgan fingerprint density at radius 2 is 2.09 bits per heavy atom. The number of nitrogens with one attached hydrogen (secondary N) is 1. The van der Waals surface area contributed by atoms with E-state index in [0.717, 1.165) is 51.6 Å². The molecule has 0 saturated carbocycles. The molecule has 2 saturated heterocycles. The van der Waals surface area contributed by atoms with Crippen LogP contribution in [0.2, 0.25) is 0 Å². The maximum atomic E-state index is 12.5. The predicted molar refractivity (Wildman–Crippen MR) is 91.4 cm³/mol. The van der Waals surface area contributed by atoms with Crippen molar-refractivity contribution in [3.63, 3.8) is 0 Å². The largest absolute Gasteiger partial charge is 0.364 e. The highest BCUT2D eigenvalue weighted by Gasteiger charge is 2.36. The van der Waals surface area contributed by atoms with Crippen molar-refractivity contribution in [2.45, 2.75) is 57.7 Å². The van der Waals surface area contributed by atoms with Gasteiger partial charge in [-0.05, 0) is 32.1 Å². The minimum absolute atomic E-state index is 0. The summed E-state index contributed by atoms with van der Waals surface area (Å²) in [6.07, 6.45) is 5.03. The number of ether oxygens (including phenoxy) is 1. The lowest BCUT2D eigenvalue weighted by atomic mass is 9.96. The maximum absolute atomic E-state index is 12.5. The molecule has 7 heteroatoms. The van der Waals surface area contributed by atoms with Gasteiger partial charge in [-0.15, -0.1) is 12.4 Å². The highest BCUT2D eigenvalue weighted by Crippen LogP contribution is 2.24. The van der Waals surface area contributed by atoms with E-state index in [-0.39, 0.29) is 42.3 Å². The summed E-state index contributed by atoms with van der Waals surface area (Å²) in [5, 5.41) is 2.97. The molecule has 134 valence electrons. The monoisotopic (exact) mass is 347 g/mol. The fraction of sp³-hybridized carbons (Fsp3) is 0.875. The van der Waals surface area contributed by atoms with Crippen LogP contribution in [0.1, 0.15) is 45.4 Å². The van der Waals surface area contributed by atoms with Crippen molar-refractivity contribution in [3.05, 3.63) is 0 Å². The first kappa shape index (κ1) is 20.2. The summed E-state index contributed by atoms with van der Waals surface area (Å²) in [6, 6.07) is 0. The predicted octanol–water partition coefficient (Wildman–Crippen LogP) is 1.07. The van der Waals surface area contributed by atoms with Crippen molar-refractivity contribution in [2.75, 3.05) is 26.2 Å². The quantitative estimate of drug-likeness (QED) is 0.704. The van der Waals surface area contributed by atoms with Crippen molar-refractivity contribution in [1.29, 1.82) is 0 Å². The van der Waals surface area contributed by atoms with Crippen molar-refractivity contribution in [3.8, 4) is 0 Å². The van der Waals surface area contributed by atoms with E-state index in [2.05, 4.69) is 12.2 Å². The Morgan fingerprint density at radius 3 is 2.74 bits per heavy atom. The molecule has 0 aromatic rings. The molecule has 0 aromatic carbocycles. The molecule has 2 aliphatic rings. The molecule has 0 aliphatic carbocycles. The molecule has 0 bridgehead atoms. The number of piperidine rings is 1. The number of likely N-dealkylation sites (tertiary alicyclic amines) is 1. The van der Waals surface area contributed by atoms with E-state index in [0.29, 0.717) is 13.1 Å². The van der Waals surface area contributed by atoms with Crippen LogP contribution in [0.5, 0.6) is 0 Å². The number of nitrogens with zero attached hydrogens (tertiary/aromatic N) is 1. The maximum Gasteiger partial charge on any atom is 0.251 e. The molecular weight excluding hydrogens is 318 g/mol. The molecule has 23 heavy (non-hydrogen) atoms. The van der Waals surface area contributed by atoms with Crippen LogP contribution in [0.15, 0.2) is 0 Å². The Balaban J connectivity index is 0.00000264. The van der Waals surface area contributed by atoms with E-state index < -0.39 is 0 Å². The summed E-state index contributed by atoms with van der Waals surface area (Å²) in [4.78, 5) is 26.5. The van der Waals surface area contributed by atoms with Gasteiger partial charge in [0.05, 0.1) is 12.0 Å². The van der Waals surface area contributed by atoms with Gasteiger partial charge >= 0.3 is 0 Å². The van der Waals surface area contributed by atoms with Gasteiger partial charge in [-0.1, -0.05) is 13.3 Å². The zero-order chi connectivity index (χ0) is 15.9. The van der Waals surface area contributed by atoms with Crippen LogP contribution in [-0.2, 0) is 14.3 Å². The second-order valence-electron chi connectivity index (χ2n) is 6.33. The standard InChI is InChI=1S/C16H29N3O3.ClH/c1-2-3-8-18-15(20)12-5-4-9-19(11-12)16(21)14-7-6-13(10-17)22-14;/h12-14H,2-11,17H2,1H3,(H,18,20);1H/t12?,13-,14+;/m1./s1. The van der Waals surface area contributed by atoms with E-state index >= 15 is 0 Å². The number of unbranched alkanes of at least 4 members (excludes halogenated alkanes) is 1. The van der Waals surface area contributed by atoms with Crippen LogP contribution in [0.3, 0.4) is 0 Å². The van der Waals surface area contributed by atoms with Gasteiger partial charge in [-0.2, -0.15) is 0 Å². The molecule has 0 radical (unpaired) electrons. The average molecular weight is 348 g/mol. The smallest absolute Gasteiger partial charge is 0.251 e. The first-order valence-electron chi connectivity index (χ1n) is 8.57. The zero-order valence-corrected chi connectivity index (χ0v) is 14.8. The number of hydrogen-bond donors (Lipinski definition) is 2. The fourth-order valence-corrected chi connectivity index (χ4v) is 3.19. The molecule has 2 amide bonds. The summed E-state index contributed by atoms with van der Waals surface area (Å²) in [5.41, 5.74) is 5.59. The second-order valence-corrected chi connectivity index (χ2v) is 6.33. The second kappa shape index (κ2) is 10.1. The van der Waals surface area contributed by atoms with Crippen molar-refractivity contribution < 1.29 is 14.3 Å². The van der Waals surface area contributed by atoms with Gasteiger partial charge in [-0.3, -0.25) is 9.59 Å². The molecule has 2 aliphatic heterocycles. The minimum atomic E-state index is -0.365. The van der Waals surface area contributed by atoms with E-state index in [1.165, 1.54) is 0 Å². The molecule has 2 rings (SSSR count). The van der Waals surface area contributed by atoms with Crippen molar-refractivity contribution in [1.82, 2.24) is 10.2 Å². The molecular formula is C16H30ClN3O3. The van der Waals surface area contributed by atoms with Crippen LogP contribution in [-0.4, -0.2) is 55.1 Å². The highest BCUT2D eigenvalue weighted by atomic mass is 35.5. The SMILES string of the molecule is CCCCNC(=O)C1CCCN(C(=O)[C@@H]2CC[C@H](CN)O2)C1.Cl. The topological polar surface area (TPSA) is 84.7 Å². The van der Waals surface area contributed by atoms with Gasteiger partial charge in [-0.25, -0.2) is 0 Å². The fourth-order valence-electron chi connectivity index (χ4n) is 3.19. The molecule has 0 spiro atoms. The summed E-state index contributed by atoms with van der Waals surface area (Å²) >= 11 is 0. The summed E-state index contributed by atoms with van der Waals surface area (Å²) in [5.74, 6) is 0.0291. The van der Waals surface area contributed by atoms with Gasteiger partial charge < -0.3 is 20.7 Å². The van der Waals surface area contributed by atoms with Crippen LogP contribution in [0, 0.1) is 5.92 Å². The van der Waals surface area contributed by atoms with E-state index in [9.17, 15) is 9.59 Å². The third kappa shape index (κ3) is 5.62. The number of halogens is 1. The number of carbonyl (C=O) groups is 2. The molecule has 6 nitrogen and oxygen atoms in total. The summed E-state index contributed by atoms with van der Waals surface area (Å²) in [7, 11) is 0. The first-order valence-corrected chi connectivity index (χ1v) is 8.57.